The van der Waals surface area contributed by atoms with E-state index < -0.39 is 11.4 Å². The van der Waals surface area contributed by atoms with E-state index in [1.165, 1.54) is 0 Å². The number of aromatic nitrogens is 4. The van der Waals surface area contributed by atoms with Crippen LogP contribution in [0.4, 0.5) is 0 Å². The molecule has 1 aromatic rings. The molecule has 1 aliphatic heterocycles. The maximum Gasteiger partial charge on any atom is 0.311 e. The van der Waals surface area contributed by atoms with E-state index in [1.54, 1.807) is 4.68 Å². The van der Waals surface area contributed by atoms with Crippen LogP contribution in [0, 0.1) is 5.41 Å². The van der Waals surface area contributed by atoms with E-state index in [2.05, 4.69) is 22.4 Å². The lowest BCUT2D eigenvalue weighted by molar-refractivity contribution is -0.144. The number of hydrogen-bond donors (Lipinski definition) is 1. The number of aliphatic carboxylic acids is 1. The van der Waals surface area contributed by atoms with Gasteiger partial charge in [-0.15, -0.1) is 5.10 Å². The quantitative estimate of drug-likeness (QED) is 0.848. The number of hydrogen-bond acceptors (Lipinski definition) is 5. The number of tetrazole rings is 1. The Morgan fingerprint density at radius 1 is 1.58 bits per heavy atom. The van der Waals surface area contributed by atoms with Crippen LogP contribution in [0.1, 0.15) is 44.3 Å². The zero-order valence-corrected chi connectivity index (χ0v) is 10.9. The maximum absolute atomic E-state index is 11.3. The van der Waals surface area contributed by atoms with Gasteiger partial charge in [-0.25, -0.2) is 4.68 Å². The molecule has 7 heteroatoms. The Bertz CT molecular complexity index is 483. The summed E-state index contributed by atoms with van der Waals surface area (Å²) in [5.41, 5.74) is -0.648. The third-order valence-electron chi connectivity index (χ3n) is 4.26. The molecule has 0 spiro atoms. The van der Waals surface area contributed by atoms with Crippen molar-refractivity contribution in [2.45, 2.75) is 51.2 Å². The number of nitrogens with zero attached hydrogens (tertiary/aromatic N) is 4. The van der Waals surface area contributed by atoms with Crippen molar-refractivity contribution in [2.24, 2.45) is 5.41 Å². The lowest BCUT2D eigenvalue weighted by Gasteiger charge is -2.17. The second kappa shape index (κ2) is 4.56. The average Bonchev–Trinajstić information content (AvgIpc) is 2.84. The lowest BCUT2D eigenvalue weighted by atomic mass is 9.98. The van der Waals surface area contributed by atoms with E-state index in [4.69, 9.17) is 4.74 Å². The molecular weight excluding hydrogens is 248 g/mol. The molecular formula is C12H18N4O3. The first-order valence-electron chi connectivity index (χ1n) is 6.77. The van der Waals surface area contributed by atoms with Crippen molar-refractivity contribution in [1.29, 1.82) is 0 Å². The van der Waals surface area contributed by atoms with E-state index in [0.717, 1.165) is 25.3 Å². The zero-order chi connectivity index (χ0) is 13.5. The van der Waals surface area contributed by atoms with E-state index in [1.807, 2.05) is 0 Å². The van der Waals surface area contributed by atoms with Crippen LogP contribution in [0.5, 0.6) is 0 Å². The first-order valence-corrected chi connectivity index (χ1v) is 6.77. The second-order valence-electron chi connectivity index (χ2n) is 5.49. The van der Waals surface area contributed by atoms with Crippen molar-refractivity contribution >= 4 is 5.97 Å². The second-order valence-corrected chi connectivity index (χ2v) is 5.49. The SMILES string of the molecule is CCC1OCCC1c1nnnn1CC1(C(=O)O)CC1. The van der Waals surface area contributed by atoms with Gasteiger partial charge in [-0.2, -0.15) is 0 Å². The number of carboxylic acid groups (broad SMARTS) is 1. The summed E-state index contributed by atoms with van der Waals surface area (Å²) in [6.45, 7) is 3.18. The van der Waals surface area contributed by atoms with Gasteiger partial charge in [0.25, 0.3) is 0 Å². The molecule has 1 aliphatic carbocycles. The molecule has 0 radical (unpaired) electrons. The van der Waals surface area contributed by atoms with Gasteiger partial charge in [0.05, 0.1) is 18.1 Å². The molecule has 0 bridgehead atoms. The third-order valence-corrected chi connectivity index (χ3v) is 4.26. The summed E-state index contributed by atoms with van der Waals surface area (Å²) in [4.78, 5) is 11.3. The highest BCUT2D eigenvalue weighted by Gasteiger charge is 2.51. The molecule has 2 unspecified atom stereocenters. The Balaban J connectivity index is 1.81. The van der Waals surface area contributed by atoms with Crippen molar-refractivity contribution in [3.63, 3.8) is 0 Å². The smallest absolute Gasteiger partial charge is 0.311 e. The number of carbonyl (C=O) groups is 1. The first kappa shape index (κ1) is 12.5. The molecule has 1 N–H and O–H groups in total. The molecule has 7 nitrogen and oxygen atoms in total. The lowest BCUT2D eigenvalue weighted by Crippen LogP contribution is -2.25. The summed E-state index contributed by atoms with van der Waals surface area (Å²) >= 11 is 0. The van der Waals surface area contributed by atoms with Crippen LogP contribution < -0.4 is 0 Å². The molecule has 1 saturated carbocycles. The Morgan fingerprint density at radius 2 is 2.37 bits per heavy atom. The fourth-order valence-electron chi connectivity index (χ4n) is 2.81. The Hall–Kier alpha value is -1.50. The Labute approximate surface area is 110 Å². The van der Waals surface area contributed by atoms with Crippen LogP contribution in [0.2, 0.25) is 0 Å². The van der Waals surface area contributed by atoms with E-state index in [9.17, 15) is 9.90 Å². The third kappa shape index (κ3) is 2.11. The van der Waals surface area contributed by atoms with Crippen LogP contribution in [0.3, 0.4) is 0 Å². The molecule has 2 aliphatic rings. The standard InChI is InChI=1S/C12H18N4O3/c1-2-9-8(3-6-19-9)10-13-14-15-16(10)7-12(4-5-12)11(17)18/h8-9H,2-7H2,1H3,(H,17,18). The minimum atomic E-state index is -0.747. The van der Waals surface area contributed by atoms with E-state index in [0.29, 0.717) is 19.4 Å². The first-order chi connectivity index (χ1) is 9.16. The number of carboxylic acids is 1. The highest BCUT2D eigenvalue weighted by Crippen LogP contribution is 2.47. The van der Waals surface area contributed by atoms with Gasteiger partial charge in [-0.05, 0) is 36.1 Å². The van der Waals surface area contributed by atoms with Gasteiger partial charge in [0.1, 0.15) is 0 Å². The van der Waals surface area contributed by atoms with Crippen molar-refractivity contribution in [3.8, 4) is 0 Å². The molecule has 19 heavy (non-hydrogen) atoms. The summed E-state index contributed by atoms with van der Waals surface area (Å²) in [7, 11) is 0. The number of rotatable bonds is 5. The fourth-order valence-corrected chi connectivity index (χ4v) is 2.81. The molecule has 2 atom stereocenters. The summed E-state index contributed by atoms with van der Waals surface area (Å²) < 4.78 is 7.33. The van der Waals surface area contributed by atoms with Crippen LogP contribution in [-0.4, -0.2) is 44.0 Å². The summed E-state index contributed by atoms with van der Waals surface area (Å²) in [5, 5.41) is 21.0. The van der Waals surface area contributed by atoms with Gasteiger partial charge in [-0.1, -0.05) is 6.92 Å². The predicted octanol–water partition coefficient (Wildman–Crippen LogP) is 0.820. The van der Waals surface area contributed by atoms with Crippen LogP contribution in [-0.2, 0) is 16.1 Å². The molecule has 0 aromatic carbocycles. The molecule has 3 rings (SSSR count). The van der Waals surface area contributed by atoms with Crippen molar-refractivity contribution in [2.75, 3.05) is 6.61 Å². The predicted molar refractivity (Wildman–Crippen MR) is 64.5 cm³/mol. The highest BCUT2D eigenvalue weighted by atomic mass is 16.5. The van der Waals surface area contributed by atoms with Crippen LogP contribution >= 0.6 is 0 Å². The zero-order valence-electron chi connectivity index (χ0n) is 10.9. The molecule has 2 fully saturated rings. The van der Waals surface area contributed by atoms with E-state index >= 15 is 0 Å². The van der Waals surface area contributed by atoms with Gasteiger partial charge in [-0.3, -0.25) is 4.79 Å². The summed E-state index contributed by atoms with van der Waals surface area (Å²) in [6, 6.07) is 0. The Morgan fingerprint density at radius 3 is 3.00 bits per heavy atom. The molecule has 1 aromatic heterocycles. The molecule has 2 heterocycles. The minimum Gasteiger partial charge on any atom is -0.481 e. The molecule has 1 saturated heterocycles. The van der Waals surface area contributed by atoms with Crippen molar-refractivity contribution < 1.29 is 14.6 Å². The van der Waals surface area contributed by atoms with Crippen molar-refractivity contribution in [1.82, 2.24) is 20.2 Å². The van der Waals surface area contributed by atoms with E-state index in [-0.39, 0.29) is 12.0 Å². The minimum absolute atomic E-state index is 0.143. The maximum atomic E-state index is 11.3. The summed E-state index contributed by atoms with van der Waals surface area (Å²) in [6.07, 6.45) is 3.38. The fraction of sp³-hybridized carbons (Fsp3) is 0.833. The van der Waals surface area contributed by atoms with Gasteiger partial charge in [0.2, 0.25) is 0 Å². The van der Waals surface area contributed by atoms with Gasteiger partial charge in [0.15, 0.2) is 5.82 Å². The highest BCUT2D eigenvalue weighted by molar-refractivity contribution is 5.77. The van der Waals surface area contributed by atoms with Gasteiger partial charge in [0, 0.05) is 12.5 Å². The van der Waals surface area contributed by atoms with Crippen molar-refractivity contribution in [3.05, 3.63) is 5.82 Å². The topological polar surface area (TPSA) is 90.1 Å². The Kier molecular flexibility index (Phi) is 3.00. The average molecular weight is 266 g/mol. The molecule has 104 valence electrons. The normalized spacial score (nSPS) is 28.5. The summed E-state index contributed by atoms with van der Waals surface area (Å²) in [5.74, 6) is 0.213. The number of ether oxygens (including phenoxy) is 1. The van der Waals surface area contributed by atoms with Gasteiger partial charge < -0.3 is 9.84 Å². The monoisotopic (exact) mass is 266 g/mol. The molecule has 0 amide bonds. The van der Waals surface area contributed by atoms with Gasteiger partial charge >= 0.3 is 5.97 Å². The van der Waals surface area contributed by atoms with Crippen LogP contribution in [0.15, 0.2) is 0 Å². The largest absolute Gasteiger partial charge is 0.481 e. The van der Waals surface area contributed by atoms with Crippen LogP contribution in [0.25, 0.3) is 0 Å².